The summed E-state index contributed by atoms with van der Waals surface area (Å²) in [4.78, 5) is 38.5. The van der Waals surface area contributed by atoms with Crippen molar-refractivity contribution in [2.24, 2.45) is 0 Å². The Morgan fingerprint density at radius 1 is 0.969 bits per heavy atom. The minimum absolute atomic E-state index is 0.00447. The van der Waals surface area contributed by atoms with Crippen molar-refractivity contribution >= 4 is 23.5 Å². The van der Waals surface area contributed by atoms with Gasteiger partial charge in [0.15, 0.2) is 6.61 Å². The third kappa shape index (κ3) is 5.13. The SMILES string of the molecule is O=C(CCN1C(=O)COc2ccccc21)Oc1cccc(C(=O)NCc2ccccc2)c1. The van der Waals surface area contributed by atoms with Gasteiger partial charge in [-0.3, -0.25) is 14.4 Å². The Morgan fingerprint density at radius 2 is 1.75 bits per heavy atom. The standard InChI is InChI=1S/C25H22N2O5/c28-23-17-31-22-12-5-4-11-21(22)27(23)14-13-24(29)32-20-10-6-9-19(15-20)25(30)26-16-18-7-2-1-3-8-18/h1-12,15H,13-14,16-17H2,(H,26,30). The molecule has 162 valence electrons. The van der Waals surface area contributed by atoms with Gasteiger partial charge in [0.1, 0.15) is 11.5 Å². The first-order valence-corrected chi connectivity index (χ1v) is 10.3. The lowest BCUT2D eigenvalue weighted by atomic mass is 10.2. The molecule has 1 heterocycles. The quantitative estimate of drug-likeness (QED) is 0.459. The van der Waals surface area contributed by atoms with Gasteiger partial charge in [0, 0.05) is 18.7 Å². The summed E-state index contributed by atoms with van der Waals surface area (Å²) >= 11 is 0. The van der Waals surface area contributed by atoms with Crippen LogP contribution >= 0.6 is 0 Å². The van der Waals surface area contributed by atoms with Crippen LogP contribution < -0.4 is 19.7 Å². The fraction of sp³-hybridized carbons (Fsp3) is 0.160. The molecule has 7 nitrogen and oxygen atoms in total. The number of carbonyl (C=O) groups excluding carboxylic acids is 3. The van der Waals surface area contributed by atoms with E-state index in [2.05, 4.69) is 5.32 Å². The average Bonchev–Trinajstić information content (AvgIpc) is 2.82. The molecule has 1 N–H and O–H groups in total. The first kappa shape index (κ1) is 21.1. The zero-order valence-electron chi connectivity index (χ0n) is 17.3. The Labute approximate surface area is 185 Å². The van der Waals surface area contributed by atoms with Crippen LogP contribution in [0.4, 0.5) is 5.69 Å². The molecular weight excluding hydrogens is 408 g/mol. The number of ether oxygens (including phenoxy) is 2. The number of amides is 2. The molecule has 4 rings (SSSR count). The fourth-order valence-corrected chi connectivity index (χ4v) is 3.37. The number of para-hydroxylation sites is 2. The van der Waals surface area contributed by atoms with Crippen molar-refractivity contribution in [3.8, 4) is 11.5 Å². The highest BCUT2D eigenvalue weighted by atomic mass is 16.5. The second kappa shape index (κ2) is 9.78. The van der Waals surface area contributed by atoms with Gasteiger partial charge in [-0.05, 0) is 35.9 Å². The maximum Gasteiger partial charge on any atom is 0.312 e. The predicted molar refractivity (Wildman–Crippen MR) is 119 cm³/mol. The summed E-state index contributed by atoms with van der Waals surface area (Å²) in [6.45, 7) is 0.514. The zero-order valence-corrected chi connectivity index (χ0v) is 17.3. The zero-order chi connectivity index (χ0) is 22.3. The van der Waals surface area contributed by atoms with Crippen molar-refractivity contribution in [2.75, 3.05) is 18.1 Å². The molecule has 2 amide bonds. The van der Waals surface area contributed by atoms with Crippen molar-refractivity contribution in [1.82, 2.24) is 5.32 Å². The van der Waals surface area contributed by atoms with Gasteiger partial charge >= 0.3 is 5.97 Å². The third-order valence-corrected chi connectivity index (χ3v) is 4.97. The van der Waals surface area contributed by atoms with Crippen LogP contribution in [-0.2, 0) is 16.1 Å². The monoisotopic (exact) mass is 430 g/mol. The third-order valence-electron chi connectivity index (χ3n) is 4.97. The van der Waals surface area contributed by atoms with Crippen LogP contribution in [0.1, 0.15) is 22.3 Å². The fourth-order valence-electron chi connectivity index (χ4n) is 3.37. The van der Waals surface area contributed by atoms with Gasteiger partial charge in [-0.15, -0.1) is 0 Å². The van der Waals surface area contributed by atoms with E-state index in [4.69, 9.17) is 9.47 Å². The number of nitrogens with zero attached hydrogens (tertiary/aromatic N) is 1. The normalized spacial score (nSPS) is 12.5. The molecule has 7 heteroatoms. The van der Waals surface area contributed by atoms with E-state index in [0.29, 0.717) is 23.5 Å². The highest BCUT2D eigenvalue weighted by Gasteiger charge is 2.25. The summed E-state index contributed by atoms with van der Waals surface area (Å²) in [5.74, 6) is -0.0924. The summed E-state index contributed by atoms with van der Waals surface area (Å²) in [5.41, 5.74) is 2.01. The van der Waals surface area contributed by atoms with Crippen LogP contribution in [0.25, 0.3) is 0 Å². The molecule has 32 heavy (non-hydrogen) atoms. The Hall–Kier alpha value is -4.13. The molecule has 0 atom stereocenters. The van der Waals surface area contributed by atoms with Gasteiger partial charge in [0.05, 0.1) is 12.1 Å². The molecule has 0 spiro atoms. The lowest BCUT2D eigenvalue weighted by molar-refractivity contribution is -0.134. The minimum atomic E-state index is -0.497. The second-order valence-electron chi connectivity index (χ2n) is 7.22. The van der Waals surface area contributed by atoms with E-state index in [1.54, 1.807) is 36.4 Å². The molecule has 0 bridgehead atoms. The molecule has 0 saturated carbocycles. The van der Waals surface area contributed by atoms with E-state index >= 15 is 0 Å². The van der Waals surface area contributed by atoms with Crippen LogP contribution in [0.2, 0.25) is 0 Å². The Balaban J connectivity index is 1.33. The number of esters is 1. The summed E-state index contributed by atoms with van der Waals surface area (Å²) in [6.07, 6.45) is 0.00447. The molecule has 1 aliphatic rings. The molecule has 0 saturated heterocycles. The highest BCUT2D eigenvalue weighted by molar-refractivity contribution is 5.98. The van der Waals surface area contributed by atoms with Gasteiger partial charge in [-0.25, -0.2) is 0 Å². The number of carbonyl (C=O) groups is 3. The summed E-state index contributed by atoms with van der Waals surface area (Å²) in [5, 5.41) is 2.84. The van der Waals surface area contributed by atoms with E-state index in [1.807, 2.05) is 36.4 Å². The van der Waals surface area contributed by atoms with Crippen LogP contribution in [0, 0.1) is 0 Å². The van der Waals surface area contributed by atoms with E-state index in [1.165, 1.54) is 11.0 Å². The summed E-state index contributed by atoms with van der Waals surface area (Å²) in [6, 6.07) is 23.2. The number of rotatable bonds is 7. The van der Waals surface area contributed by atoms with Crippen LogP contribution in [0.3, 0.4) is 0 Å². The largest absolute Gasteiger partial charge is 0.482 e. The van der Waals surface area contributed by atoms with Gasteiger partial charge in [0.25, 0.3) is 11.8 Å². The Morgan fingerprint density at radius 3 is 2.59 bits per heavy atom. The summed E-state index contributed by atoms with van der Waals surface area (Å²) in [7, 11) is 0. The van der Waals surface area contributed by atoms with Crippen molar-refractivity contribution in [1.29, 1.82) is 0 Å². The molecule has 0 aromatic heterocycles. The van der Waals surface area contributed by atoms with Crippen molar-refractivity contribution in [2.45, 2.75) is 13.0 Å². The predicted octanol–water partition coefficient (Wildman–Crippen LogP) is 3.34. The summed E-state index contributed by atoms with van der Waals surface area (Å²) < 4.78 is 10.8. The minimum Gasteiger partial charge on any atom is -0.482 e. The number of hydrogen-bond donors (Lipinski definition) is 1. The first-order valence-electron chi connectivity index (χ1n) is 10.3. The molecule has 0 aliphatic carbocycles. The molecule has 0 fully saturated rings. The Bertz CT molecular complexity index is 1130. The number of nitrogens with one attached hydrogen (secondary N) is 1. The van der Waals surface area contributed by atoms with Crippen molar-refractivity contribution in [3.05, 3.63) is 90.0 Å². The number of hydrogen-bond acceptors (Lipinski definition) is 5. The molecule has 3 aromatic carbocycles. The topological polar surface area (TPSA) is 84.9 Å². The average molecular weight is 430 g/mol. The maximum atomic E-state index is 12.4. The van der Waals surface area contributed by atoms with Crippen LogP contribution in [-0.4, -0.2) is 30.9 Å². The van der Waals surface area contributed by atoms with Gasteiger partial charge in [-0.2, -0.15) is 0 Å². The van der Waals surface area contributed by atoms with E-state index < -0.39 is 5.97 Å². The van der Waals surface area contributed by atoms with E-state index in [-0.39, 0.29) is 37.1 Å². The smallest absolute Gasteiger partial charge is 0.312 e. The van der Waals surface area contributed by atoms with Crippen molar-refractivity contribution in [3.63, 3.8) is 0 Å². The first-order chi connectivity index (χ1) is 15.6. The van der Waals surface area contributed by atoms with E-state index in [0.717, 1.165) is 5.56 Å². The molecule has 1 aliphatic heterocycles. The van der Waals surface area contributed by atoms with E-state index in [9.17, 15) is 14.4 Å². The number of benzene rings is 3. The lowest BCUT2D eigenvalue weighted by Gasteiger charge is -2.28. The van der Waals surface area contributed by atoms with Gasteiger partial charge < -0.3 is 19.7 Å². The number of anilines is 1. The lowest BCUT2D eigenvalue weighted by Crippen LogP contribution is -2.40. The molecule has 0 radical (unpaired) electrons. The van der Waals surface area contributed by atoms with Gasteiger partial charge in [-0.1, -0.05) is 48.5 Å². The molecule has 3 aromatic rings. The maximum absolute atomic E-state index is 12.4. The van der Waals surface area contributed by atoms with Crippen LogP contribution in [0.5, 0.6) is 11.5 Å². The highest BCUT2D eigenvalue weighted by Crippen LogP contribution is 2.31. The molecular formula is C25H22N2O5. The molecule has 0 unspecified atom stereocenters. The van der Waals surface area contributed by atoms with Crippen LogP contribution in [0.15, 0.2) is 78.9 Å². The Kier molecular flexibility index (Phi) is 6.46. The van der Waals surface area contributed by atoms with Gasteiger partial charge in [0.2, 0.25) is 0 Å². The van der Waals surface area contributed by atoms with Crippen molar-refractivity contribution < 1.29 is 23.9 Å². The second-order valence-corrected chi connectivity index (χ2v) is 7.22. The number of fused-ring (bicyclic) bond motifs is 1.